The monoisotopic (exact) mass is 504 g/mol. The fourth-order valence-corrected chi connectivity index (χ4v) is 4.10. The van der Waals surface area contributed by atoms with E-state index in [2.05, 4.69) is 19.9 Å². The molecule has 0 saturated carbocycles. The van der Waals surface area contributed by atoms with Crippen LogP contribution < -0.4 is 10.3 Å². The number of hydrogen-bond acceptors (Lipinski definition) is 4. The predicted octanol–water partition coefficient (Wildman–Crippen LogP) is 5.77. The summed E-state index contributed by atoms with van der Waals surface area (Å²) >= 11 is 0. The number of rotatable bonds is 4. The summed E-state index contributed by atoms with van der Waals surface area (Å²) in [7, 11) is 0. The van der Waals surface area contributed by atoms with E-state index >= 15 is 0 Å². The third-order valence-electron chi connectivity index (χ3n) is 5.51. The molecule has 0 bridgehead atoms. The van der Waals surface area contributed by atoms with Crippen molar-refractivity contribution in [3.05, 3.63) is 94.0 Å². The Morgan fingerprint density at radius 2 is 1.72 bits per heavy atom. The highest BCUT2D eigenvalue weighted by Crippen LogP contribution is 2.34. The Labute approximate surface area is 197 Å². The predicted molar refractivity (Wildman–Crippen MR) is 118 cm³/mol. The van der Waals surface area contributed by atoms with Gasteiger partial charge in [-0.15, -0.1) is 13.2 Å². The molecule has 0 atom stereocenters. The first kappa shape index (κ1) is 23.4. The van der Waals surface area contributed by atoms with Gasteiger partial charge in [0.25, 0.3) is 5.56 Å². The first-order valence-electron chi connectivity index (χ1n) is 10.4. The molecule has 0 aliphatic heterocycles. The number of nitrogens with one attached hydrogen (secondary N) is 1. The fraction of sp³-hybridized carbons (Fsp3) is 0.125. The first-order valence-corrected chi connectivity index (χ1v) is 10.4. The third kappa shape index (κ3) is 4.25. The lowest BCUT2D eigenvalue weighted by atomic mass is 10.0. The van der Waals surface area contributed by atoms with Crippen LogP contribution in [-0.4, -0.2) is 26.1 Å². The lowest BCUT2D eigenvalue weighted by Crippen LogP contribution is -2.21. The summed E-state index contributed by atoms with van der Waals surface area (Å²) in [5, 5.41) is 7.20. The molecule has 6 nitrogen and oxygen atoms in total. The highest BCUT2D eigenvalue weighted by atomic mass is 19.4. The molecule has 3 aromatic heterocycles. The van der Waals surface area contributed by atoms with Crippen molar-refractivity contribution in [1.29, 1.82) is 0 Å². The van der Waals surface area contributed by atoms with E-state index in [-0.39, 0.29) is 39.9 Å². The molecule has 1 N–H and O–H groups in total. The molecule has 0 spiro atoms. The summed E-state index contributed by atoms with van der Waals surface area (Å²) in [6.07, 6.45) is -8.45. The number of pyridine rings is 2. The van der Waals surface area contributed by atoms with Crippen LogP contribution in [0.5, 0.6) is 5.75 Å². The summed E-state index contributed by atoms with van der Waals surface area (Å²) in [6, 6.07) is 12.9. The zero-order valence-corrected chi connectivity index (χ0v) is 18.0. The van der Waals surface area contributed by atoms with Crippen molar-refractivity contribution in [3.63, 3.8) is 0 Å². The number of fused-ring (bicyclic) bond motifs is 3. The highest BCUT2D eigenvalue weighted by Gasteiger charge is 2.33. The number of benzene rings is 2. The largest absolute Gasteiger partial charge is 0.573 e. The number of ether oxygens (including phenoxy) is 1. The van der Waals surface area contributed by atoms with Gasteiger partial charge >= 0.3 is 12.5 Å². The average molecular weight is 504 g/mol. The van der Waals surface area contributed by atoms with Gasteiger partial charge in [0.2, 0.25) is 0 Å². The third-order valence-corrected chi connectivity index (χ3v) is 5.51. The van der Waals surface area contributed by atoms with E-state index < -0.39 is 29.4 Å². The van der Waals surface area contributed by atoms with Gasteiger partial charge < -0.3 is 4.74 Å². The molecule has 0 aliphatic carbocycles. The van der Waals surface area contributed by atoms with Crippen molar-refractivity contribution >= 4 is 21.9 Å². The molecule has 3 heterocycles. The summed E-state index contributed by atoms with van der Waals surface area (Å²) in [5.74, 6) is -0.553. The summed E-state index contributed by atoms with van der Waals surface area (Å²) in [4.78, 5) is 17.9. The molecule has 0 radical (unpaired) electrons. The number of alkyl halides is 6. The van der Waals surface area contributed by atoms with E-state index in [0.29, 0.717) is 5.39 Å². The van der Waals surface area contributed by atoms with E-state index in [1.807, 2.05) is 0 Å². The maximum Gasteiger partial charge on any atom is 0.573 e. The average Bonchev–Trinajstić information content (AvgIpc) is 3.22. The van der Waals surface area contributed by atoms with Crippen LogP contribution in [0.2, 0.25) is 0 Å². The zero-order chi connectivity index (χ0) is 25.7. The van der Waals surface area contributed by atoms with Crippen molar-refractivity contribution in [2.45, 2.75) is 19.0 Å². The molecule has 0 saturated heterocycles. The van der Waals surface area contributed by atoms with Crippen LogP contribution in [0, 0.1) is 0 Å². The van der Waals surface area contributed by atoms with Gasteiger partial charge in [0.15, 0.2) is 0 Å². The van der Waals surface area contributed by atoms with E-state index in [1.165, 1.54) is 36.5 Å². The molecule has 12 heteroatoms. The van der Waals surface area contributed by atoms with Crippen molar-refractivity contribution in [3.8, 4) is 11.4 Å². The number of nitrogens with zero attached hydrogens (tertiary/aromatic N) is 3. The highest BCUT2D eigenvalue weighted by molar-refractivity contribution is 6.03. The number of halogens is 6. The lowest BCUT2D eigenvalue weighted by molar-refractivity contribution is -0.274. The molecule has 5 aromatic rings. The molecular weight excluding hydrogens is 490 g/mol. The maximum absolute atomic E-state index is 13.7. The van der Waals surface area contributed by atoms with Crippen molar-refractivity contribution in [2.24, 2.45) is 0 Å². The molecule has 0 aliphatic rings. The standard InChI is InChI=1S/C24H14F6N4O2/c25-23(26,27)17-9-2-1-5-13(17)11-18-19-20(33-32-18)16-8-4-10-31-21(16)34(22(19)35)14-6-3-7-15(12-14)36-24(28,29)30/h1-10,12H,11H2,(H,32,33). The van der Waals surface area contributed by atoms with Crippen molar-refractivity contribution < 1.29 is 31.1 Å². The normalized spacial score (nSPS) is 12.4. The van der Waals surface area contributed by atoms with Gasteiger partial charge in [-0.05, 0) is 35.9 Å². The van der Waals surface area contributed by atoms with Gasteiger partial charge in [0, 0.05) is 24.1 Å². The second-order valence-corrected chi connectivity index (χ2v) is 7.82. The van der Waals surface area contributed by atoms with Gasteiger partial charge in [-0.2, -0.15) is 18.3 Å². The van der Waals surface area contributed by atoms with Crippen molar-refractivity contribution in [2.75, 3.05) is 0 Å². The summed E-state index contributed by atoms with van der Waals surface area (Å²) in [6.45, 7) is 0. The number of aromatic amines is 1. The minimum Gasteiger partial charge on any atom is -0.406 e. The molecule has 184 valence electrons. The molecular formula is C24H14F6N4O2. The van der Waals surface area contributed by atoms with Crippen LogP contribution in [-0.2, 0) is 12.6 Å². The Hall–Kier alpha value is -4.35. The summed E-state index contributed by atoms with van der Waals surface area (Å²) in [5.41, 5.74) is -1.21. The molecule has 0 amide bonds. The van der Waals surface area contributed by atoms with Crippen LogP contribution >= 0.6 is 0 Å². The second-order valence-electron chi connectivity index (χ2n) is 7.82. The van der Waals surface area contributed by atoms with Gasteiger partial charge in [0.05, 0.1) is 22.3 Å². The Morgan fingerprint density at radius 3 is 2.47 bits per heavy atom. The van der Waals surface area contributed by atoms with Crippen LogP contribution in [0.15, 0.2) is 71.7 Å². The van der Waals surface area contributed by atoms with Crippen molar-refractivity contribution in [1.82, 2.24) is 19.7 Å². The van der Waals surface area contributed by atoms with E-state index in [9.17, 15) is 31.1 Å². The Balaban J connectivity index is 1.74. The first-order chi connectivity index (χ1) is 17.0. The van der Waals surface area contributed by atoms with Crippen LogP contribution in [0.1, 0.15) is 16.8 Å². The number of aromatic nitrogens is 4. The van der Waals surface area contributed by atoms with E-state index in [4.69, 9.17) is 0 Å². The quantitative estimate of drug-likeness (QED) is 0.316. The minimum absolute atomic E-state index is 0.00498. The zero-order valence-electron chi connectivity index (χ0n) is 18.0. The minimum atomic E-state index is -4.95. The Morgan fingerprint density at radius 1 is 0.944 bits per heavy atom. The fourth-order valence-electron chi connectivity index (χ4n) is 4.10. The van der Waals surface area contributed by atoms with Gasteiger partial charge in [0.1, 0.15) is 16.9 Å². The van der Waals surface area contributed by atoms with Gasteiger partial charge in [-0.25, -0.2) is 4.98 Å². The van der Waals surface area contributed by atoms with Crippen LogP contribution in [0.4, 0.5) is 26.3 Å². The second kappa shape index (κ2) is 8.40. The topological polar surface area (TPSA) is 72.8 Å². The molecule has 5 rings (SSSR count). The lowest BCUT2D eigenvalue weighted by Gasteiger charge is -2.14. The van der Waals surface area contributed by atoms with Gasteiger partial charge in [-0.3, -0.25) is 14.5 Å². The van der Waals surface area contributed by atoms with Crippen LogP contribution in [0.3, 0.4) is 0 Å². The molecule has 0 fully saturated rings. The van der Waals surface area contributed by atoms with E-state index in [1.54, 1.807) is 12.1 Å². The molecule has 36 heavy (non-hydrogen) atoms. The van der Waals surface area contributed by atoms with Crippen LogP contribution in [0.25, 0.3) is 27.6 Å². The number of hydrogen-bond donors (Lipinski definition) is 1. The number of H-pyrrole nitrogens is 1. The Kier molecular flexibility index (Phi) is 5.46. The summed E-state index contributed by atoms with van der Waals surface area (Å²) < 4.78 is 83.9. The SMILES string of the molecule is O=c1c2c(Cc3ccccc3C(F)(F)F)[nH]nc2c2cccnc2n1-c1cccc(OC(F)(F)F)c1. The maximum atomic E-state index is 13.7. The van der Waals surface area contributed by atoms with Gasteiger partial charge in [-0.1, -0.05) is 24.3 Å². The van der Waals surface area contributed by atoms with E-state index in [0.717, 1.165) is 22.8 Å². The smallest absolute Gasteiger partial charge is 0.406 e. The molecule has 0 unspecified atom stereocenters. The Bertz CT molecular complexity index is 1650. The molecule has 2 aromatic carbocycles.